The van der Waals surface area contributed by atoms with Gasteiger partial charge in [-0.3, -0.25) is 4.68 Å². The average Bonchev–Trinajstić information content (AvgIpc) is 2.87. The summed E-state index contributed by atoms with van der Waals surface area (Å²) in [5.41, 5.74) is 0. The molecule has 1 unspecified atom stereocenters. The zero-order chi connectivity index (χ0) is 13.1. The SMILES string of the molecule is CCCCOCC(O)CNCCCn1cccn1. The van der Waals surface area contributed by atoms with Gasteiger partial charge in [-0.15, -0.1) is 0 Å². The number of rotatable bonds is 11. The molecule has 1 rings (SSSR count). The van der Waals surface area contributed by atoms with Crippen LogP contribution in [-0.4, -0.2) is 47.3 Å². The Labute approximate surface area is 109 Å². The van der Waals surface area contributed by atoms with Gasteiger partial charge in [0.25, 0.3) is 0 Å². The van der Waals surface area contributed by atoms with Gasteiger partial charge in [-0.05, 0) is 25.5 Å². The molecule has 0 aliphatic rings. The zero-order valence-electron chi connectivity index (χ0n) is 11.2. The van der Waals surface area contributed by atoms with E-state index in [9.17, 15) is 5.11 Å². The lowest BCUT2D eigenvalue weighted by Gasteiger charge is -2.12. The van der Waals surface area contributed by atoms with Gasteiger partial charge < -0.3 is 15.2 Å². The lowest BCUT2D eigenvalue weighted by molar-refractivity contribution is 0.0359. The predicted molar refractivity (Wildman–Crippen MR) is 71.4 cm³/mol. The number of nitrogens with one attached hydrogen (secondary N) is 1. The highest BCUT2D eigenvalue weighted by atomic mass is 16.5. The van der Waals surface area contributed by atoms with Gasteiger partial charge in [0, 0.05) is 32.1 Å². The Kier molecular flexibility index (Phi) is 8.46. The molecule has 0 fully saturated rings. The van der Waals surface area contributed by atoms with E-state index in [1.807, 2.05) is 16.9 Å². The Morgan fingerprint density at radius 1 is 1.44 bits per heavy atom. The minimum Gasteiger partial charge on any atom is -0.389 e. The van der Waals surface area contributed by atoms with E-state index in [1.165, 1.54) is 0 Å². The van der Waals surface area contributed by atoms with Gasteiger partial charge in [0.2, 0.25) is 0 Å². The third-order valence-electron chi connectivity index (χ3n) is 2.63. The first-order chi connectivity index (χ1) is 8.83. The molecule has 18 heavy (non-hydrogen) atoms. The van der Waals surface area contributed by atoms with Crippen molar-refractivity contribution < 1.29 is 9.84 Å². The van der Waals surface area contributed by atoms with E-state index in [2.05, 4.69) is 17.3 Å². The van der Waals surface area contributed by atoms with Crippen LogP contribution in [0.5, 0.6) is 0 Å². The number of aryl methyl sites for hydroxylation is 1. The maximum Gasteiger partial charge on any atom is 0.0897 e. The molecule has 0 saturated heterocycles. The van der Waals surface area contributed by atoms with Crippen molar-refractivity contribution in [1.29, 1.82) is 0 Å². The summed E-state index contributed by atoms with van der Waals surface area (Å²) < 4.78 is 7.26. The molecule has 0 spiro atoms. The number of aliphatic hydroxyl groups excluding tert-OH is 1. The zero-order valence-corrected chi connectivity index (χ0v) is 11.2. The van der Waals surface area contributed by atoms with Gasteiger partial charge in [-0.1, -0.05) is 13.3 Å². The summed E-state index contributed by atoms with van der Waals surface area (Å²) in [6.07, 6.45) is 6.52. The van der Waals surface area contributed by atoms with Gasteiger partial charge in [0.15, 0.2) is 0 Å². The minimum absolute atomic E-state index is 0.411. The van der Waals surface area contributed by atoms with Gasteiger partial charge >= 0.3 is 0 Å². The van der Waals surface area contributed by atoms with E-state index in [-0.39, 0.29) is 0 Å². The van der Waals surface area contributed by atoms with Crippen molar-refractivity contribution in [1.82, 2.24) is 15.1 Å². The maximum absolute atomic E-state index is 9.63. The van der Waals surface area contributed by atoms with Crippen molar-refractivity contribution in [3.63, 3.8) is 0 Å². The number of hydrogen-bond donors (Lipinski definition) is 2. The Hall–Kier alpha value is -0.910. The van der Waals surface area contributed by atoms with E-state index in [0.717, 1.165) is 39.0 Å². The van der Waals surface area contributed by atoms with E-state index in [1.54, 1.807) is 6.20 Å². The molecule has 0 radical (unpaired) electrons. The summed E-state index contributed by atoms with van der Waals surface area (Å²) in [6.45, 7) is 5.67. The Bertz CT molecular complexity index is 278. The van der Waals surface area contributed by atoms with Crippen molar-refractivity contribution in [2.75, 3.05) is 26.3 Å². The van der Waals surface area contributed by atoms with Crippen LogP contribution in [-0.2, 0) is 11.3 Å². The van der Waals surface area contributed by atoms with Crippen molar-refractivity contribution >= 4 is 0 Å². The molecule has 1 atom stereocenters. The number of aromatic nitrogens is 2. The van der Waals surface area contributed by atoms with Crippen LogP contribution in [0.1, 0.15) is 26.2 Å². The highest BCUT2D eigenvalue weighted by Gasteiger charge is 2.02. The summed E-state index contributed by atoms with van der Waals surface area (Å²) in [5.74, 6) is 0. The third kappa shape index (κ3) is 7.42. The number of aliphatic hydroxyl groups is 1. The maximum atomic E-state index is 9.63. The first-order valence-electron chi connectivity index (χ1n) is 6.77. The number of nitrogens with zero attached hydrogens (tertiary/aromatic N) is 2. The smallest absolute Gasteiger partial charge is 0.0897 e. The number of ether oxygens (including phenoxy) is 1. The first kappa shape index (κ1) is 15.1. The summed E-state index contributed by atoms with van der Waals surface area (Å²) >= 11 is 0. The fourth-order valence-electron chi connectivity index (χ4n) is 1.59. The summed E-state index contributed by atoms with van der Waals surface area (Å²) in [4.78, 5) is 0. The standard InChI is InChI=1S/C13H25N3O2/c1-2-3-10-18-12-13(17)11-14-6-4-8-16-9-5-7-15-16/h5,7,9,13-14,17H,2-4,6,8,10-12H2,1H3. The summed E-state index contributed by atoms with van der Waals surface area (Å²) in [5, 5.41) is 17.0. The lowest BCUT2D eigenvalue weighted by atomic mass is 10.3. The molecular formula is C13H25N3O2. The Morgan fingerprint density at radius 3 is 3.06 bits per heavy atom. The van der Waals surface area contributed by atoms with Crippen LogP contribution in [0.3, 0.4) is 0 Å². The van der Waals surface area contributed by atoms with E-state index in [4.69, 9.17) is 4.74 Å². The molecule has 0 aromatic carbocycles. The van der Waals surface area contributed by atoms with Gasteiger partial charge in [-0.25, -0.2) is 0 Å². The fraction of sp³-hybridized carbons (Fsp3) is 0.769. The molecule has 0 saturated carbocycles. The topological polar surface area (TPSA) is 59.3 Å². The molecule has 1 aromatic heterocycles. The van der Waals surface area contributed by atoms with Gasteiger partial charge in [0.1, 0.15) is 0 Å². The van der Waals surface area contributed by atoms with Crippen LogP contribution in [0.15, 0.2) is 18.5 Å². The molecule has 0 bridgehead atoms. The monoisotopic (exact) mass is 255 g/mol. The van der Waals surface area contributed by atoms with Gasteiger partial charge in [-0.2, -0.15) is 5.10 Å². The van der Waals surface area contributed by atoms with Crippen LogP contribution < -0.4 is 5.32 Å². The van der Waals surface area contributed by atoms with E-state index < -0.39 is 6.10 Å². The second-order valence-corrected chi connectivity index (χ2v) is 4.41. The van der Waals surface area contributed by atoms with Crippen molar-refractivity contribution in [3.8, 4) is 0 Å². The van der Waals surface area contributed by atoms with Crippen molar-refractivity contribution in [3.05, 3.63) is 18.5 Å². The second kappa shape index (κ2) is 10.1. The molecule has 1 aromatic rings. The highest BCUT2D eigenvalue weighted by Crippen LogP contribution is 1.91. The van der Waals surface area contributed by atoms with Crippen molar-refractivity contribution in [2.24, 2.45) is 0 Å². The third-order valence-corrected chi connectivity index (χ3v) is 2.63. The average molecular weight is 255 g/mol. The molecular weight excluding hydrogens is 230 g/mol. The Balaban J connectivity index is 1.87. The van der Waals surface area contributed by atoms with Crippen LogP contribution in [0, 0.1) is 0 Å². The van der Waals surface area contributed by atoms with Gasteiger partial charge in [0.05, 0.1) is 12.7 Å². The lowest BCUT2D eigenvalue weighted by Crippen LogP contribution is -2.31. The first-order valence-corrected chi connectivity index (χ1v) is 6.77. The molecule has 5 heteroatoms. The minimum atomic E-state index is -0.411. The van der Waals surface area contributed by atoms with Crippen LogP contribution in [0.25, 0.3) is 0 Å². The molecule has 0 aliphatic heterocycles. The highest BCUT2D eigenvalue weighted by molar-refractivity contribution is 4.77. The molecule has 0 amide bonds. The van der Waals surface area contributed by atoms with E-state index >= 15 is 0 Å². The van der Waals surface area contributed by atoms with Crippen LogP contribution in [0.4, 0.5) is 0 Å². The normalized spacial score (nSPS) is 12.8. The molecule has 5 nitrogen and oxygen atoms in total. The number of unbranched alkanes of at least 4 members (excludes halogenated alkanes) is 1. The fourth-order valence-corrected chi connectivity index (χ4v) is 1.59. The second-order valence-electron chi connectivity index (χ2n) is 4.41. The quantitative estimate of drug-likeness (QED) is 0.580. The Morgan fingerprint density at radius 2 is 2.33 bits per heavy atom. The summed E-state index contributed by atoms with van der Waals surface area (Å²) in [7, 11) is 0. The van der Waals surface area contributed by atoms with Crippen LogP contribution in [0.2, 0.25) is 0 Å². The predicted octanol–water partition coefficient (Wildman–Crippen LogP) is 1.04. The van der Waals surface area contributed by atoms with E-state index in [0.29, 0.717) is 13.2 Å². The van der Waals surface area contributed by atoms with Crippen molar-refractivity contribution in [2.45, 2.75) is 38.8 Å². The summed E-state index contributed by atoms with van der Waals surface area (Å²) in [6, 6.07) is 1.92. The number of hydrogen-bond acceptors (Lipinski definition) is 4. The largest absolute Gasteiger partial charge is 0.389 e. The molecule has 104 valence electrons. The van der Waals surface area contributed by atoms with Crippen LogP contribution >= 0.6 is 0 Å². The molecule has 0 aliphatic carbocycles. The molecule has 2 N–H and O–H groups in total. The molecule has 1 heterocycles.